The molecule has 10 heteroatoms. The third-order valence-corrected chi connectivity index (χ3v) is 7.54. The summed E-state index contributed by atoms with van der Waals surface area (Å²) in [6, 6.07) is 6.10. The predicted octanol–water partition coefficient (Wildman–Crippen LogP) is 4.51. The van der Waals surface area contributed by atoms with Crippen LogP contribution in [0.25, 0.3) is 10.9 Å². The number of piperazine rings is 1. The zero-order valence-electron chi connectivity index (χ0n) is 21.8. The Morgan fingerprint density at radius 2 is 1.92 bits per heavy atom. The highest BCUT2D eigenvalue weighted by Gasteiger charge is 2.41. The summed E-state index contributed by atoms with van der Waals surface area (Å²) in [6.07, 6.45) is 0.484. The number of fused-ring (bicyclic) bond motifs is 1. The van der Waals surface area contributed by atoms with Crippen molar-refractivity contribution in [2.24, 2.45) is 0 Å². The fourth-order valence-corrected chi connectivity index (χ4v) is 5.66. The minimum atomic E-state index is -1.13. The Hall–Kier alpha value is -3.17. The van der Waals surface area contributed by atoms with Crippen LogP contribution in [0.5, 0.6) is 5.75 Å². The number of aromatic nitrogens is 1. The van der Waals surface area contributed by atoms with Crippen molar-refractivity contribution in [3.8, 4) is 5.75 Å². The van der Waals surface area contributed by atoms with E-state index in [1.165, 1.54) is 13.3 Å². The topological polar surface area (TPSA) is 75.6 Å². The molecule has 2 unspecified atom stereocenters. The molecule has 7 nitrogen and oxygen atoms in total. The summed E-state index contributed by atoms with van der Waals surface area (Å²) >= 11 is 6.02. The minimum Gasteiger partial charge on any atom is -0.492 e. The van der Waals surface area contributed by atoms with Gasteiger partial charge in [-0.1, -0.05) is 17.7 Å². The molecule has 0 spiro atoms. The lowest BCUT2D eigenvalue weighted by atomic mass is 10.0. The Morgan fingerprint density at radius 1 is 1.24 bits per heavy atom. The monoisotopic (exact) mass is 544 g/mol. The highest BCUT2D eigenvalue weighted by Crippen LogP contribution is 2.45. The Kier molecular flexibility index (Phi) is 7.09. The number of nitrogens with zero attached hydrogens (tertiary/aromatic N) is 2. The lowest BCUT2D eigenvalue weighted by Gasteiger charge is -2.38. The van der Waals surface area contributed by atoms with Crippen LogP contribution in [0, 0.1) is 12.7 Å². The first-order valence-corrected chi connectivity index (χ1v) is 13.1. The normalized spacial score (nSPS) is 23.0. The molecule has 3 aromatic rings. The number of hydrogen-bond donors (Lipinski definition) is 2. The van der Waals surface area contributed by atoms with E-state index in [-0.39, 0.29) is 47.4 Å². The maximum Gasteiger partial charge on any atom is 0.257 e. The van der Waals surface area contributed by atoms with E-state index in [0.717, 1.165) is 17.2 Å². The average molecular weight is 545 g/mol. The number of alkyl halides is 1. The number of anilines is 1. The van der Waals surface area contributed by atoms with Crippen molar-refractivity contribution in [2.45, 2.75) is 58.0 Å². The number of benzene rings is 2. The lowest BCUT2D eigenvalue weighted by molar-refractivity contribution is 0.0949. The minimum absolute atomic E-state index is 0.0197. The third kappa shape index (κ3) is 4.85. The summed E-state index contributed by atoms with van der Waals surface area (Å²) in [5.74, 6) is -1.08. The third-order valence-electron chi connectivity index (χ3n) is 7.30. The standard InChI is InChI=1S/C28H31ClF2N4O3/c1-14-7-18(29)6-5-17(14)10-32-28(37)20-13-35(23-9-21(23)30)24-19(26(20)36)8-22(31)25(27(24)38-4)34-11-15(2)33-16(3)12-34/h5-8,13,15-16,21,23,33H,9-12H2,1-4H3,(H,32,37)/t15?,16?,21-,23+/m0/s1. The molecule has 38 heavy (non-hydrogen) atoms. The number of hydrogen-bond acceptors (Lipinski definition) is 5. The highest BCUT2D eigenvalue weighted by molar-refractivity contribution is 6.30. The molecule has 0 radical (unpaired) electrons. The van der Waals surface area contributed by atoms with Crippen LogP contribution in [0.15, 0.2) is 35.3 Å². The summed E-state index contributed by atoms with van der Waals surface area (Å²) in [4.78, 5) is 28.6. The molecule has 1 amide bonds. The van der Waals surface area contributed by atoms with Crippen LogP contribution in [0.3, 0.4) is 0 Å². The molecule has 1 saturated carbocycles. The maximum atomic E-state index is 15.7. The number of rotatable bonds is 6. The van der Waals surface area contributed by atoms with Crippen molar-refractivity contribution in [3.05, 3.63) is 68.2 Å². The Morgan fingerprint density at radius 3 is 2.53 bits per heavy atom. The molecule has 2 heterocycles. The van der Waals surface area contributed by atoms with Gasteiger partial charge in [0.15, 0.2) is 11.6 Å². The molecule has 2 N–H and O–H groups in total. The van der Waals surface area contributed by atoms with Crippen molar-refractivity contribution < 1.29 is 18.3 Å². The lowest BCUT2D eigenvalue weighted by Crippen LogP contribution is -2.54. The second kappa shape index (κ2) is 10.2. The molecule has 2 aliphatic rings. The molecule has 1 aliphatic heterocycles. The number of amides is 1. The SMILES string of the molecule is COc1c(N2CC(C)NC(C)C2)c(F)cc2c(=O)c(C(=O)NCc3ccc(Cl)cc3C)cn([C@@H]3C[C@@H]3F)c12. The molecule has 2 aromatic carbocycles. The molecule has 0 bridgehead atoms. The van der Waals surface area contributed by atoms with Crippen LogP contribution < -0.4 is 25.7 Å². The largest absolute Gasteiger partial charge is 0.492 e. The van der Waals surface area contributed by atoms with Crippen LogP contribution in [0.1, 0.15) is 47.8 Å². The second-order valence-electron chi connectivity index (χ2n) is 10.4. The van der Waals surface area contributed by atoms with Crippen LogP contribution in [0.4, 0.5) is 14.5 Å². The number of methoxy groups -OCH3 is 1. The molecule has 1 saturated heterocycles. The van der Waals surface area contributed by atoms with E-state index >= 15 is 4.39 Å². The van der Waals surface area contributed by atoms with Gasteiger partial charge in [-0.15, -0.1) is 0 Å². The molecular formula is C28H31ClF2N4O3. The zero-order valence-corrected chi connectivity index (χ0v) is 22.5. The quantitative estimate of drug-likeness (QED) is 0.477. The van der Waals surface area contributed by atoms with Gasteiger partial charge in [0.1, 0.15) is 17.4 Å². The number of nitrogens with one attached hydrogen (secondary N) is 2. The van der Waals surface area contributed by atoms with Crippen molar-refractivity contribution in [1.82, 2.24) is 15.2 Å². The summed E-state index contributed by atoms with van der Waals surface area (Å²) in [7, 11) is 1.41. The van der Waals surface area contributed by atoms with Crippen molar-refractivity contribution >= 4 is 34.1 Å². The summed E-state index contributed by atoms with van der Waals surface area (Å²) < 4.78 is 37.4. The van der Waals surface area contributed by atoms with E-state index in [0.29, 0.717) is 23.6 Å². The van der Waals surface area contributed by atoms with E-state index in [9.17, 15) is 14.0 Å². The molecule has 2 fully saturated rings. The van der Waals surface area contributed by atoms with E-state index in [2.05, 4.69) is 10.6 Å². The smallest absolute Gasteiger partial charge is 0.257 e. The fraction of sp³-hybridized carbons (Fsp3) is 0.429. The van der Waals surface area contributed by atoms with Gasteiger partial charge in [-0.2, -0.15) is 0 Å². The summed E-state index contributed by atoms with van der Waals surface area (Å²) in [5.41, 5.74) is 1.45. The van der Waals surface area contributed by atoms with Gasteiger partial charge < -0.3 is 24.8 Å². The summed E-state index contributed by atoms with van der Waals surface area (Å²) in [6.45, 7) is 7.14. The first kappa shape index (κ1) is 26.4. The first-order valence-electron chi connectivity index (χ1n) is 12.7. The van der Waals surface area contributed by atoms with Crippen LogP contribution in [-0.2, 0) is 6.54 Å². The second-order valence-corrected chi connectivity index (χ2v) is 10.8. The molecule has 4 atom stereocenters. The maximum absolute atomic E-state index is 15.7. The van der Waals surface area contributed by atoms with Crippen LogP contribution in [-0.4, -0.2) is 48.9 Å². The predicted molar refractivity (Wildman–Crippen MR) is 145 cm³/mol. The molecule has 1 aliphatic carbocycles. The Balaban J connectivity index is 1.60. The van der Waals surface area contributed by atoms with Crippen molar-refractivity contribution in [3.63, 3.8) is 0 Å². The zero-order chi connectivity index (χ0) is 27.3. The fourth-order valence-electron chi connectivity index (χ4n) is 5.43. The number of carbonyl (C=O) groups excluding carboxylic acids is 1. The number of ether oxygens (including phenoxy) is 1. The van der Waals surface area contributed by atoms with Crippen LogP contribution >= 0.6 is 11.6 Å². The van der Waals surface area contributed by atoms with E-state index < -0.39 is 29.4 Å². The first-order chi connectivity index (χ1) is 18.1. The van der Waals surface area contributed by atoms with Gasteiger partial charge >= 0.3 is 0 Å². The van der Waals surface area contributed by atoms with Gasteiger partial charge in [0.25, 0.3) is 5.91 Å². The molecular weight excluding hydrogens is 514 g/mol. The summed E-state index contributed by atoms with van der Waals surface area (Å²) in [5, 5.41) is 6.75. The Bertz CT molecular complexity index is 1470. The van der Waals surface area contributed by atoms with Crippen LogP contribution in [0.2, 0.25) is 5.02 Å². The number of aryl methyl sites for hydroxylation is 1. The van der Waals surface area contributed by atoms with Crippen molar-refractivity contribution in [2.75, 3.05) is 25.1 Å². The van der Waals surface area contributed by atoms with Gasteiger partial charge in [0.05, 0.1) is 24.1 Å². The van der Waals surface area contributed by atoms with E-state index in [1.807, 2.05) is 25.7 Å². The van der Waals surface area contributed by atoms with Gasteiger partial charge in [-0.05, 0) is 50.1 Å². The number of pyridine rings is 1. The van der Waals surface area contributed by atoms with Gasteiger partial charge in [0, 0.05) is 49.4 Å². The molecule has 1 aromatic heterocycles. The van der Waals surface area contributed by atoms with E-state index in [1.54, 1.807) is 22.8 Å². The Labute approximate surface area is 224 Å². The van der Waals surface area contributed by atoms with Gasteiger partial charge in [0.2, 0.25) is 5.43 Å². The van der Waals surface area contributed by atoms with Crippen molar-refractivity contribution in [1.29, 1.82) is 0 Å². The number of carbonyl (C=O) groups is 1. The molecule has 202 valence electrons. The van der Waals surface area contributed by atoms with Gasteiger partial charge in [-0.25, -0.2) is 8.78 Å². The van der Waals surface area contributed by atoms with Gasteiger partial charge in [-0.3, -0.25) is 9.59 Å². The average Bonchev–Trinajstić information content (AvgIpc) is 3.58. The number of halogens is 3. The molecule has 5 rings (SSSR count). The highest BCUT2D eigenvalue weighted by atomic mass is 35.5. The van der Waals surface area contributed by atoms with E-state index in [4.69, 9.17) is 16.3 Å².